The topological polar surface area (TPSA) is 40.0 Å². The molecule has 0 fully saturated rings. The Morgan fingerprint density at radius 3 is 2.14 bits per heavy atom. The number of fused-ring (bicyclic) bond motifs is 1. The molecule has 0 aliphatic rings. The van der Waals surface area contributed by atoms with Gasteiger partial charge in [0.25, 0.3) is 0 Å². The van der Waals surface area contributed by atoms with Gasteiger partial charge >= 0.3 is 0 Å². The van der Waals surface area contributed by atoms with Crippen molar-refractivity contribution in [3.63, 3.8) is 0 Å². The molecule has 5 heteroatoms. The Kier molecular flexibility index (Phi) is 5.36. The molecule has 4 aromatic carbocycles. The lowest BCUT2D eigenvalue weighted by Crippen LogP contribution is -2.34. The number of benzene rings is 4. The summed E-state index contributed by atoms with van der Waals surface area (Å²) >= 11 is 5.62. The number of hydrogen-bond acceptors (Lipinski definition) is 3. The lowest BCUT2D eigenvalue weighted by molar-refractivity contribution is 1.17. The fraction of sp³-hybridized carbons (Fsp3) is 0. The molecule has 0 heterocycles. The highest BCUT2D eigenvalue weighted by molar-refractivity contribution is 7.80. The van der Waals surface area contributed by atoms with Crippen LogP contribution in [0.15, 0.2) is 113 Å². The molecule has 0 aliphatic carbocycles. The average molecular weight is 382 g/mol. The highest BCUT2D eigenvalue weighted by Gasteiger charge is 2.15. The predicted octanol–water partition coefficient (Wildman–Crippen LogP) is 6.74. The van der Waals surface area contributed by atoms with E-state index in [-0.39, 0.29) is 0 Å². The summed E-state index contributed by atoms with van der Waals surface area (Å²) in [5.41, 5.74) is 5.94. The third-order valence-corrected chi connectivity index (χ3v) is 4.48. The van der Waals surface area contributed by atoms with E-state index >= 15 is 0 Å². The second-order valence-corrected chi connectivity index (χ2v) is 6.49. The Balaban J connectivity index is 1.73. The number of para-hydroxylation sites is 1. The van der Waals surface area contributed by atoms with Gasteiger partial charge in [0, 0.05) is 5.39 Å². The Bertz CT molecular complexity index is 1110. The Morgan fingerprint density at radius 2 is 1.36 bits per heavy atom. The smallest absolute Gasteiger partial charge is 0.239 e. The Hall–Kier alpha value is -3.57. The van der Waals surface area contributed by atoms with Crippen LogP contribution in [-0.4, -0.2) is 5.11 Å². The van der Waals surface area contributed by atoms with E-state index in [4.69, 9.17) is 12.2 Å². The van der Waals surface area contributed by atoms with Gasteiger partial charge < -0.3 is 0 Å². The minimum atomic E-state index is 0.323. The summed E-state index contributed by atoms with van der Waals surface area (Å²) in [5, 5.41) is 12.9. The number of thiocarbonyl (C=S) groups is 1. The van der Waals surface area contributed by atoms with Gasteiger partial charge in [0.1, 0.15) is 0 Å². The minimum Gasteiger partial charge on any atom is -0.292 e. The van der Waals surface area contributed by atoms with Crippen molar-refractivity contribution in [1.82, 2.24) is 0 Å². The van der Waals surface area contributed by atoms with Gasteiger partial charge in [-0.2, -0.15) is 0 Å². The first-order valence-electron chi connectivity index (χ1n) is 8.91. The van der Waals surface area contributed by atoms with Crippen LogP contribution < -0.4 is 10.4 Å². The van der Waals surface area contributed by atoms with Gasteiger partial charge in [0.05, 0.1) is 17.1 Å². The molecule has 0 saturated heterocycles. The van der Waals surface area contributed by atoms with E-state index in [2.05, 4.69) is 33.9 Å². The molecule has 0 spiro atoms. The average Bonchev–Trinajstić information content (AvgIpc) is 2.77. The molecule has 0 aliphatic heterocycles. The van der Waals surface area contributed by atoms with Gasteiger partial charge in [-0.15, -0.1) is 10.2 Å². The molecule has 4 rings (SSSR count). The highest BCUT2D eigenvalue weighted by Crippen LogP contribution is 2.28. The molecule has 0 saturated carbocycles. The molecule has 0 amide bonds. The van der Waals surface area contributed by atoms with E-state index in [1.54, 1.807) is 5.01 Å². The first-order chi connectivity index (χ1) is 13.8. The van der Waals surface area contributed by atoms with E-state index in [0.29, 0.717) is 5.11 Å². The Morgan fingerprint density at radius 1 is 0.714 bits per heavy atom. The van der Waals surface area contributed by atoms with E-state index < -0.39 is 0 Å². The molecule has 28 heavy (non-hydrogen) atoms. The maximum Gasteiger partial charge on any atom is 0.239 e. The molecule has 4 nitrogen and oxygen atoms in total. The van der Waals surface area contributed by atoms with Crippen LogP contribution in [0.5, 0.6) is 0 Å². The summed E-state index contributed by atoms with van der Waals surface area (Å²) in [4.78, 5) is 0. The van der Waals surface area contributed by atoms with E-state index in [1.165, 1.54) is 0 Å². The molecular weight excluding hydrogens is 364 g/mol. The number of anilines is 2. The van der Waals surface area contributed by atoms with Crippen LogP contribution in [0.25, 0.3) is 10.8 Å². The van der Waals surface area contributed by atoms with Crippen LogP contribution >= 0.6 is 12.2 Å². The fourth-order valence-electron chi connectivity index (χ4n) is 2.90. The third kappa shape index (κ3) is 4.05. The molecule has 1 N–H and O–H groups in total. The zero-order valence-corrected chi connectivity index (χ0v) is 15.9. The van der Waals surface area contributed by atoms with E-state index in [1.807, 2.05) is 84.9 Å². The van der Waals surface area contributed by atoms with Crippen molar-refractivity contribution in [2.75, 3.05) is 10.4 Å². The maximum absolute atomic E-state index is 5.62. The molecule has 0 unspecified atom stereocenters. The fourth-order valence-corrected chi connectivity index (χ4v) is 3.08. The van der Waals surface area contributed by atoms with Crippen molar-refractivity contribution >= 4 is 45.2 Å². The van der Waals surface area contributed by atoms with Gasteiger partial charge in [-0.25, -0.2) is 5.01 Å². The lowest BCUT2D eigenvalue weighted by atomic mass is 10.1. The number of rotatable bonds is 4. The molecular formula is C23H18N4S. The molecule has 0 radical (unpaired) electrons. The number of hydrazine groups is 1. The normalized spacial score (nSPS) is 10.9. The summed E-state index contributed by atoms with van der Waals surface area (Å²) in [6.07, 6.45) is 0. The number of nitrogens with one attached hydrogen (secondary N) is 1. The third-order valence-electron chi connectivity index (χ3n) is 4.22. The second kappa shape index (κ2) is 8.41. The number of nitrogens with zero attached hydrogens (tertiary/aromatic N) is 3. The van der Waals surface area contributed by atoms with Crippen LogP contribution in [0.3, 0.4) is 0 Å². The van der Waals surface area contributed by atoms with E-state index in [0.717, 1.165) is 27.8 Å². The quantitative estimate of drug-likeness (QED) is 0.241. The van der Waals surface area contributed by atoms with Crippen LogP contribution in [0.4, 0.5) is 17.1 Å². The van der Waals surface area contributed by atoms with Crippen molar-refractivity contribution in [1.29, 1.82) is 0 Å². The minimum absolute atomic E-state index is 0.323. The van der Waals surface area contributed by atoms with E-state index in [9.17, 15) is 0 Å². The maximum atomic E-state index is 5.62. The lowest BCUT2D eigenvalue weighted by Gasteiger charge is -2.25. The monoisotopic (exact) mass is 382 g/mol. The Labute approximate surface area is 169 Å². The molecule has 136 valence electrons. The first kappa shape index (κ1) is 17.8. The van der Waals surface area contributed by atoms with Gasteiger partial charge in [0.2, 0.25) is 5.11 Å². The number of hydrogen-bond donors (Lipinski definition) is 1. The summed E-state index contributed by atoms with van der Waals surface area (Å²) in [6.45, 7) is 0. The summed E-state index contributed by atoms with van der Waals surface area (Å²) in [5.74, 6) is 0. The van der Waals surface area contributed by atoms with Crippen LogP contribution in [0.1, 0.15) is 0 Å². The summed E-state index contributed by atoms with van der Waals surface area (Å²) < 4.78 is 0. The zero-order valence-electron chi connectivity index (χ0n) is 15.1. The van der Waals surface area contributed by atoms with Crippen LogP contribution in [0, 0.1) is 0 Å². The van der Waals surface area contributed by atoms with Crippen LogP contribution in [0.2, 0.25) is 0 Å². The van der Waals surface area contributed by atoms with Crippen molar-refractivity contribution in [2.45, 2.75) is 0 Å². The largest absolute Gasteiger partial charge is 0.292 e. The molecule has 4 aromatic rings. The predicted molar refractivity (Wildman–Crippen MR) is 120 cm³/mol. The second-order valence-electron chi connectivity index (χ2n) is 6.13. The highest BCUT2D eigenvalue weighted by atomic mass is 32.1. The van der Waals surface area contributed by atoms with Crippen molar-refractivity contribution < 1.29 is 0 Å². The van der Waals surface area contributed by atoms with Gasteiger partial charge in [-0.1, -0.05) is 72.8 Å². The number of azo groups is 1. The first-order valence-corrected chi connectivity index (χ1v) is 9.32. The van der Waals surface area contributed by atoms with Gasteiger partial charge in [0.15, 0.2) is 0 Å². The molecule has 0 atom stereocenters. The van der Waals surface area contributed by atoms with Crippen molar-refractivity contribution in [3.05, 3.63) is 103 Å². The SMILES string of the molecule is S=C(N=Nc1ccccc1)N(Nc1ccccc1)c1cccc2ccccc12. The standard InChI is InChI=1S/C23H18N4S/c28-23(25-24-19-12-3-1-4-13-19)27(26-20-14-5-2-6-15-20)22-17-9-11-18-10-7-8-16-21(18)22/h1-17,26H. The van der Waals surface area contributed by atoms with Crippen molar-refractivity contribution in [3.8, 4) is 0 Å². The summed E-state index contributed by atoms with van der Waals surface area (Å²) in [7, 11) is 0. The zero-order chi connectivity index (χ0) is 19.2. The van der Waals surface area contributed by atoms with Crippen LogP contribution in [-0.2, 0) is 0 Å². The summed E-state index contributed by atoms with van der Waals surface area (Å²) in [6, 6.07) is 33.7. The van der Waals surface area contributed by atoms with Gasteiger partial charge in [-0.3, -0.25) is 5.43 Å². The van der Waals surface area contributed by atoms with Crippen molar-refractivity contribution in [2.24, 2.45) is 10.2 Å². The van der Waals surface area contributed by atoms with Gasteiger partial charge in [-0.05, 0) is 47.9 Å². The molecule has 0 aromatic heterocycles. The molecule has 0 bridgehead atoms.